The van der Waals surface area contributed by atoms with Crippen LogP contribution in [-0.4, -0.2) is 47.0 Å². The highest BCUT2D eigenvalue weighted by Crippen LogP contribution is 2.22. The van der Waals surface area contributed by atoms with Gasteiger partial charge in [0.05, 0.1) is 12.2 Å². The number of Topliss-reactive ketones (excluding diaryl/α,β-unsaturated/α-hetero) is 2. The number of H-pyrrole nitrogens is 1. The molecule has 1 aliphatic rings. The zero-order chi connectivity index (χ0) is 20.3. The third-order valence-corrected chi connectivity index (χ3v) is 5.44. The van der Waals surface area contributed by atoms with Crippen LogP contribution >= 0.6 is 0 Å². The molecule has 148 valence electrons. The largest absolute Gasteiger partial charge is 0.355 e. The van der Waals surface area contributed by atoms with Crippen LogP contribution in [0.25, 0.3) is 0 Å². The van der Waals surface area contributed by atoms with Crippen molar-refractivity contribution in [2.75, 3.05) is 25.0 Å². The highest BCUT2D eigenvalue weighted by Gasteiger charge is 2.27. The molecule has 2 N–H and O–H groups in total. The number of rotatable bonds is 6. The van der Waals surface area contributed by atoms with E-state index in [-0.39, 0.29) is 23.4 Å². The van der Waals surface area contributed by atoms with E-state index in [1.165, 1.54) is 6.92 Å². The standard InChI is InChI=1S/C22H27N3O3/c1-14-20(16(3)26)15(2)23-21(14)19(27)13-25-11-9-17(10-12-25)22(28)24-18-7-5-4-6-8-18/h4-8,17,23H,9-13H2,1-3H3,(H,24,28). The number of hydrogen-bond donors (Lipinski definition) is 2. The third-order valence-electron chi connectivity index (χ3n) is 5.44. The van der Waals surface area contributed by atoms with Crippen molar-refractivity contribution in [1.29, 1.82) is 0 Å². The van der Waals surface area contributed by atoms with Crippen molar-refractivity contribution in [2.45, 2.75) is 33.6 Å². The number of aromatic nitrogens is 1. The Morgan fingerprint density at radius 1 is 1.11 bits per heavy atom. The highest BCUT2D eigenvalue weighted by atomic mass is 16.2. The molecule has 2 aromatic rings. The molecule has 2 heterocycles. The molecule has 0 radical (unpaired) electrons. The first-order valence-corrected chi connectivity index (χ1v) is 9.68. The molecule has 0 unspecified atom stereocenters. The van der Waals surface area contributed by atoms with Crippen molar-refractivity contribution >= 4 is 23.2 Å². The Kier molecular flexibility index (Phi) is 6.09. The van der Waals surface area contributed by atoms with E-state index in [0.29, 0.717) is 30.9 Å². The van der Waals surface area contributed by atoms with Gasteiger partial charge in [0.1, 0.15) is 0 Å². The van der Waals surface area contributed by atoms with Crippen molar-refractivity contribution in [1.82, 2.24) is 9.88 Å². The molecular weight excluding hydrogens is 354 g/mol. The molecule has 6 nitrogen and oxygen atoms in total. The first-order chi connectivity index (χ1) is 13.4. The second-order valence-corrected chi connectivity index (χ2v) is 7.51. The summed E-state index contributed by atoms with van der Waals surface area (Å²) in [6, 6.07) is 9.46. The van der Waals surface area contributed by atoms with Gasteiger partial charge in [-0.1, -0.05) is 18.2 Å². The monoisotopic (exact) mass is 381 g/mol. The maximum atomic E-state index is 12.7. The number of anilines is 1. The summed E-state index contributed by atoms with van der Waals surface area (Å²) in [5.41, 5.74) is 3.41. The molecule has 0 spiro atoms. The summed E-state index contributed by atoms with van der Waals surface area (Å²) in [4.78, 5) is 42.1. The number of likely N-dealkylation sites (tertiary alicyclic amines) is 1. The van der Waals surface area contributed by atoms with Gasteiger partial charge in [-0.25, -0.2) is 0 Å². The maximum absolute atomic E-state index is 12.7. The molecule has 1 aliphatic heterocycles. The van der Waals surface area contributed by atoms with Crippen molar-refractivity contribution in [3.05, 3.63) is 52.8 Å². The maximum Gasteiger partial charge on any atom is 0.227 e. The number of aromatic amines is 1. The van der Waals surface area contributed by atoms with E-state index in [0.717, 1.165) is 29.8 Å². The molecule has 1 saturated heterocycles. The number of carbonyl (C=O) groups excluding carboxylic acids is 3. The van der Waals surface area contributed by atoms with Gasteiger partial charge in [0.25, 0.3) is 0 Å². The topological polar surface area (TPSA) is 82.3 Å². The van der Waals surface area contributed by atoms with E-state index in [1.807, 2.05) is 44.2 Å². The first-order valence-electron chi connectivity index (χ1n) is 9.68. The quantitative estimate of drug-likeness (QED) is 0.752. The molecule has 6 heteroatoms. The predicted molar refractivity (Wildman–Crippen MR) is 109 cm³/mol. The van der Waals surface area contributed by atoms with Crippen molar-refractivity contribution in [3.63, 3.8) is 0 Å². The lowest BCUT2D eigenvalue weighted by Gasteiger charge is -2.30. The zero-order valence-corrected chi connectivity index (χ0v) is 16.7. The lowest BCUT2D eigenvalue weighted by molar-refractivity contribution is -0.121. The number of ketones is 2. The molecule has 3 rings (SSSR count). The van der Waals surface area contributed by atoms with E-state index >= 15 is 0 Å². The summed E-state index contributed by atoms with van der Waals surface area (Å²) in [5, 5.41) is 2.96. The fourth-order valence-corrected chi connectivity index (χ4v) is 3.96. The third kappa shape index (κ3) is 4.39. The average Bonchev–Trinajstić information content (AvgIpc) is 2.97. The molecule has 1 fully saturated rings. The van der Waals surface area contributed by atoms with Crippen LogP contribution in [-0.2, 0) is 4.79 Å². The van der Waals surface area contributed by atoms with Crippen molar-refractivity contribution in [3.8, 4) is 0 Å². The van der Waals surface area contributed by atoms with Crippen LogP contribution in [0.1, 0.15) is 51.9 Å². The number of para-hydroxylation sites is 1. The zero-order valence-electron chi connectivity index (χ0n) is 16.7. The molecule has 1 amide bonds. The van der Waals surface area contributed by atoms with E-state index in [1.54, 1.807) is 0 Å². The van der Waals surface area contributed by atoms with E-state index in [2.05, 4.69) is 15.2 Å². The minimum absolute atomic E-state index is 0.0136. The number of nitrogens with one attached hydrogen (secondary N) is 2. The van der Waals surface area contributed by atoms with Crippen LogP contribution in [0.15, 0.2) is 30.3 Å². The van der Waals surface area contributed by atoms with Crippen LogP contribution in [0.4, 0.5) is 5.69 Å². The Balaban J connectivity index is 1.54. The molecule has 1 aromatic heterocycles. The molecule has 28 heavy (non-hydrogen) atoms. The minimum atomic E-state index is -0.0367. The summed E-state index contributed by atoms with van der Waals surface area (Å²) in [6.45, 7) is 6.85. The van der Waals surface area contributed by atoms with Crippen molar-refractivity contribution < 1.29 is 14.4 Å². The van der Waals surface area contributed by atoms with E-state index in [9.17, 15) is 14.4 Å². The smallest absolute Gasteiger partial charge is 0.227 e. The lowest BCUT2D eigenvalue weighted by atomic mass is 9.95. The highest BCUT2D eigenvalue weighted by molar-refractivity contribution is 6.04. The van der Waals surface area contributed by atoms with E-state index in [4.69, 9.17) is 0 Å². The van der Waals surface area contributed by atoms with Crippen LogP contribution in [0.5, 0.6) is 0 Å². The van der Waals surface area contributed by atoms with Crippen molar-refractivity contribution in [2.24, 2.45) is 5.92 Å². The number of aryl methyl sites for hydroxylation is 1. The number of amides is 1. The van der Waals surface area contributed by atoms with E-state index < -0.39 is 0 Å². The van der Waals surface area contributed by atoms with Gasteiger partial charge in [-0.05, 0) is 64.4 Å². The van der Waals surface area contributed by atoms with Gasteiger partial charge in [0.15, 0.2) is 11.6 Å². The van der Waals surface area contributed by atoms with Crippen LogP contribution in [0.3, 0.4) is 0 Å². The van der Waals surface area contributed by atoms with Gasteiger partial charge in [-0.2, -0.15) is 0 Å². The lowest BCUT2D eigenvalue weighted by Crippen LogP contribution is -2.40. The number of hydrogen-bond acceptors (Lipinski definition) is 4. The van der Waals surface area contributed by atoms with Crippen LogP contribution < -0.4 is 5.32 Å². The first kappa shape index (κ1) is 20.0. The molecule has 0 atom stereocenters. The summed E-state index contributed by atoms with van der Waals surface area (Å²) in [5.74, 6) is -0.0414. The summed E-state index contributed by atoms with van der Waals surface area (Å²) >= 11 is 0. The Labute approximate surface area is 165 Å². The molecule has 0 saturated carbocycles. The van der Waals surface area contributed by atoms with Crippen LogP contribution in [0, 0.1) is 19.8 Å². The Morgan fingerprint density at radius 2 is 1.75 bits per heavy atom. The van der Waals surface area contributed by atoms with Gasteiger partial charge in [-0.3, -0.25) is 19.3 Å². The normalized spacial score (nSPS) is 15.4. The SMILES string of the molecule is CC(=O)c1c(C)[nH]c(C(=O)CN2CCC(C(=O)Nc3ccccc3)CC2)c1C. The number of carbonyl (C=O) groups is 3. The Hall–Kier alpha value is -2.73. The van der Waals surface area contributed by atoms with Gasteiger partial charge in [0, 0.05) is 22.9 Å². The second-order valence-electron chi connectivity index (χ2n) is 7.51. The fourth-order valence-electron chi connectivity index (χ4n) is 3.96. The van der Waals surface area contributed by atoms with Gasteiger partial charge in [-0.15, -0.1) is 0 Å². The van der Waals surface area contributed by atoms with Gasteiger partial charge < -0.3 is 10.3 Å². The average molecular weight is 381 g/mol. The summed E-state index contributed by atoms with van der Waals surface area (Å²) in [7, 11) is 0. The molecule has 0 aliphatic carbocycles. The summed E-state index contributed by atoms with van der Waals surface area (Å²) in [6.07, 6.45) is 1.46. The summed E-state index contributed by atoms with van der Waals surface area (Å²) < 4.78 is 0. The number of benzene rings is 1. The molecular formula is C22H27N3O3. The van der Waals surface area contributed by atoms with Crippen LogP contribution in [0.2, 0.25) is 0 Å². The molecule has 1 aromatic carbocycles. The predicted octanol–water partition coefficient (Wildman–Crippen LogP) is 3.37. The molecule has 0 bridgehead atoms. The minimum Gasteiger partial charge on any atom is -0.355 e. The Bertz CT molecular complexity index is 878. The van der Waals surface area contributed by atoms with Gasteiger partial charge in [0.2, 0.25) is 5.91 Å². The number of piperidine rings is 1. The second kappa shape index (κ2) is 8.52. The fraction of sp³-hybridized carbons (Fsp3) is 0.409. The number of nitrogens with zero attached hydrogens (tertiary/aromatic N) is 1. The van der Waals surface area contributed by atoms with Gasteiger partial charge >= 0.3 is 0 Å². The Morgan fingerprint density at radius 3 is 2.32 bits per heavy atom.